The van der Waals surface area contributed by atoms with Crippen LogP contribution in [0.1, 0.15) is 43.7 Å². The van der Waals surface area contributed by atoms with Crippen LogP contribution in [0.15, 0.2) is 102 Å². The number of carbonyl (C=O) groups excluding carboxylic acids is 1. The van der Waals surface area contributed by atoms with Crippen LogP contribution in [0, 0.1) is 16.7 Å². The fraction of sp³-hybridized carbons (Fsp3) is 0.250. The van der Waals surface area contributed by atoms with Gasteiger partial charge in [0.2, 0.25) is 0 Å². The Morgan fingerprint density at radius 3 is 2.38 bits per heavy atom. The van der Waals surface area contributed by atoms with Crippen LogP contribution in [0.2, 0.25) is 0 Å². The molecule has 0 spiro atoms. The summed E-state index contributed by atoms with van der Waals surface area (Å²) in [4.78, 5) is 13.7. The maximum absolute atomic E-state index is 13.7. The molecular formula is C32H32N4O3. The third-order valence-corrected chi connectivity index (χ3v) is 7.15. The highest BCUT2D eigenvalue weighted by molar-refractivity contribution is 6.00. The van der Waals surface area contributed by atoms with E-state index in [1.54, 1.807) is 12.1 Å². The van der Waals surface area contributed by atoms with Crippen LogP contribution in [-0.2, 0) is 11.4 Å². The molecule has 5 rings (SSSR count). The first-order chi connectivity index (χ1) is 18.8. The standard InChI is InChI=1S/C32H32N4O3/c1-32(2)17-25-30(26(37)18-32)29(24(19-33)31(34)36(25)35-23-12-8-5-9-13-23)22-14-15-27(28(16-22)38-3)39-20-21-10-6-4-7-11-21/h4-16,29,35H,17-18,20,34H2,1-3H3/t29-/m0/s1. The number of ketones is 1. The predicted octanol–water partition coefficient (Wildman–Crippen LogP) is 6.04. The minimum absolute atomic E-state index is 0.00901. The Bertz CT molecular complexity index is 1490. The summed E-state index contributed by atoms with van der Waals surface area (Å²) in [5.41, 5.74) is 14.0. The smallest absolute Gasteiger partial charge is 0.162 e. The average Bonchev–Trinajstić information content (AvgIpc) is 2.93. The van der Waals surface area contributed by atoms with E-state index >= 15 is 0 Å². The SMILES string of the molecule is COc1cc([C@H]2C(C#N)=C(N)N(Nc3ccccc3)C3=C2C(=O)CC(C)(C)C3)ccc1OCc1ccccc1. The number of rotatable bonds is 7. The van der Waals surface area contributed by atoms with Crippen LogP contribution in [0.25, 0.3) is 0 Å². The van der Waals surface area contributed by atoms with Crippen molar-refractivity contribution in [2.24, 2.45) is 11.1 Å². The van der Waals surface area contributed by atoms with Gasteiger partial charge < -0.3 is 15.2 Å². The van der Waals surface area contributed by atoms with Gasteiger partial charge in [-0.2, -0.15) is 5.26 Å². The normalized spacial score (nSPS) is 18.4. The number of hydrogen-bond acceptors (Lipinski definition) is 7. The second kappa shape index (κ2) is 10.6. The molecule has 1 aliphatic heterocycles. The van der Waals surface area contributed by atoms with Gasteiger partial charge in [-0.3, -0.25) is 10.2 Å². The van der Waals surface area contributed by atoms with Crippen LogP contribution < -0.4 is 20.6 Å². The molecule has 7 nitrogen and oxygen atoms in total. The zero-order valence-corrected chi connectivity index (χ0v) is 22.4. The van der Waals surface area contributed by atoms with Crippen LogP contribution >= 0.6 is 0 Å². The molecule has 0 fully saturated rings. The highest BCUT2D eigenvalue weighted by Gasteiger charge is 2.44. The Kier molecular flexibility index (Phi) is 7.03. The first-order valence-corrected chi connectivity index (χ1v) is 12.9. The third-order valence-electron chi connectivity index (χ3n) is 7.15. The van der Waals surface area contributed by atoms with E-state index in [9.17, 15) is 10.1 Å². The Balaban J connectivity index is 1.57. The first-order valence-electron chi connectivity index (χ1n) is 12.9. The number of para-hydroxylation sites is 1. The van der Waals surface area contributed by atoms with Crippen LogP contribution in [0.3, 0.4) is 0 Å². The maximum Gasteiger partial charge on any atom is 0.162 e. The van der Waals surface area contributed by atoms with E-state index in [0.29, 0.717) is 42.1 Å². The predicted molar refractivity (Wildman–Crippen MR) is 150 cm³/mol. The van der Waals surface area contributed by atoms with Crippen molar-refractivity contribution in [1.82, 2.24) is 5.01 Å². The number of hydrogen-bond donors (Lipinski definition) is 2. The molecule has 0 saturated carbocycles. The second-order valence-electron chi connectivity index (χ2n) is 10.6. The number of nitrogens with zero attached hydrogens (tertiary/aromatic N) is 2. The molecule has 3 aromatic carbocycles. The van der Waals surface area contributed by atoms with Crippen molar-refractivity contribution in [3.63, 3.8) is 0 Å². The van der Waals surface area contributed by atoms with Gasteiger partial charge in [-0.1, -0.05) is 68.4 Å². The molecule has 0 unspecified atom stereocenters. The van der Waals surface area contributed by atoms with Crippen molar-refractivity contribution >= 4 is 11.5 Å². The summed E-state index contributed by atoms with van der Waals surface area (Å²) in [6.07, 6.45) is 1.01. The van der Waals surface area contributed by atoms with Crippen molar-refractivity contribution in [3.05, 3.63) is 113 Å². The molecule has 1 aliphatic carbocycles. The third kappa shape index (κ3) is 5.19. The van der Waals surface area contributed by atoms with Crippen molar-refractivity contribution in [1.29, 1.82) is 5.26 Å². The van der Waals surface area contributed by atoms with Gasteiger partial charge >= 0.3 is 0 Å². The van der Waals surface area contributed by atoms with E-state index in [1.807, 2.05) is 78.9 Å². The average molecular weight is 521 g/mol. The summed E-state index contributed by atoms with van der Waals surface area (Å²) in [5, 5.41) is 12.0. The first kappa shape index (κ1) is 25.9. The molecule has 0 saturated heterocycles. The van der Waals surface area contributed by atoms with Gasteiger partial charge in [0.15, 0.2) is 17.3 Å². The number of benzene rings is 3. The van der Waals surface area contributed by atoms with E-state index in [0.717, 1.165) is 22.5 Å². The van der Waals surface area contributed by atoms with E-state index in [1.165, 1.54) is 0 Å². The lowest BCUT2D eigenvalue weighted by molar-refractivity contribution is -0.118. The number of methoxy groups -OCH3 is 1. The molecule has 39 heavy (non-hydrogen) atoms. The monoisotopic (exact) mass is 520 g/mol. The maximum atomic E-state index is 13.7. The van der Waals surface area contributed by atoms with Gasteiger partial charge in [0.05, 0.1) is 36.1 Å². The van der Waals surface area contributed by atoms with Gasteiger partial charge in [0.1, 0.15) is 12.4 Å². The summed E-state index contributed by atoms with van der Waals surface area (Å²) in [5.74, 6) is 0.775. The number of ether oxygens (including phenoxy) is 2. The number of Topliss-reactive ketones (excluding diaryl/α,β-unsaturated/α-hetero) is 1. The molecule has 2 aliphatic rings. The molecule has 0 aromatic heterocycles. The van der Waals surface area contributed by atoms with Crippen molar-refractivity contribution in [2.45, 2.75) is 39.2 Å². The lowest BCUT2D eigenvalue weighted by Gasteiger charge is -2.43. The number of allylic oxidation sites excluding steroid dienone is 3. The lowest BCUT2D eigenvalue weighted by atomic mass is 9.69. The summed E-state index contributed by atoms with van der Waals surface area (Å²) in [6.45, 7) is 4.54. The Morgan fingerprint density at radius 1 is 1.03 bits per heavy atom. The van der Waals surface area contributed by atoms with E-state index in [-0.39, 0.29) is 17.0 Å². The summed E-state index contributed by atoms with van der Waals surface area (Å²) in [7, 11) is 1.58. The topological polar surface area (TPSA) is 101 Å². The molecule has 0 amide bonds. The number of nitrogens with one attached hydrogen (secondary N) is 1. The van der Waals surface area contributed by atoms with Crippen molar-refractivity contribution in [2.75, 3.05) is 12.5 Å². The zero-order valence-electron chi connectivity index (χ0n) is 22.4. The Labute approximate surface area is 229 Å². The molecular weight excluding hydrogens is 488 g/mol. The zero-order chi connectivity index (χ0) is 27.6. The molecule has 0 bridgehead atoms. The second-order valence-corrected chi connectivity index (χ2v) is 10.6. The quantitative estimate of drug-likeness (QED) is 0.392. The van der Waals surface area contributed by atoms with Gasteiger partial charge in [-0.15, -0.1) is 0 Å². The summed E-state index contributed by atoms with van der Waals surface area (Å²) >= 11 is 0. The molecule has 0 radical (unpaired) electrons. The van der Waals surface area contributed by atoms with Gasteiger partial charge in [0, 0.05) is 12.0 Å². The number of carbonyl (C=O) groups is 1. The van der Waals surface area contributed by atoms with Crippen LogP contribution in [0.5, 0.6) is 11.5 Å². The Morgan fingerprint density at radius 2 is 1.72 bits per heavy atom. The number of nitrogens with two attached hydrogens (primary N) is 1. The molecule has 1 heterocycles. The fourth-order valence-corrected chi connectivity index (χ4v) is 5.33. The van der Waals surface area contributed by atoms with Crippen LogP contribution in [-0.4, -0.2) is 17.9 Å². The van der Waals surface area contributed by atoms with Crippen molar-refractivity contribution < 1.29 is 14.3 Å². The fourth-order valence-electron chi connectivity index (χ4n) is 5.33. The van der Waals surface area contributed by atoms with Gasteiger partial charge in [-0.05, 0) is 47.2 Å². The Hall–Kier alpha value is -4.70. The van der Waals surface area contributed by atoms with Gasteiger partial charge in [0.25, 0.3) is 0 Å². The number of hydrazine groups is 1. The minimum atomic E-state index is -0.612. The number of anilines is 1. The van der Waals surface area contributed by atoms with E-state index in [2.05, 4.69) is 25.3 Å². The highest BCUT2D eigenvalue weighted by atomic mass is 16.5. The van der Waals surface area contributed by atoms with E-state index in [4.69, 9.17) is 15.2 Å². The molecule has 7 heteroatoms. The largest absolute Gasteiger partial charge is 0.493 e. The lowest BCUT2D eigenvalue weighted by Crippen LogP contribution is -2.44. The van der Waals surface area contributed by atoms with E-state index < -0.39 is 5.92 Å². The number of nitriles is 1. The summed E-state index contributed by atoms with van der Waals surface area (Å²) in [6, 6.07) is 27.3. The summed E-state index contributed by atoms with van der Waals surface area (Å²) < 4.78 is 11.7. The van der Waals surface area contributed by atoms with Crippen molar-refractivity contribution in [3.8, 4) is 17.6 Å². The van der Waals surface area contributed by atoms with Gasteiger partial charge in [-0.25, -0.2) is 5.01 Å². The molecule has 3 N–H and O–H groups in total. The molecule has 1 atom stereocenters. The minimum Gasteiger partial charge on any atom is -0.493 e. The molecule has 3 aromatic rings. The van der Waals surface area contributed by atoms with Crippen LogP contribution in [0.4, 0.5) is 5.69 Å². The highest BCUT2D eigenvalue weighted by Crippen LogP contribution is 2.49. The molecule has 198 valence electrons.